The van der Waals surface area contributed by atoms with Crippen LogP contribution in [0.4, 0.5) is 11.5 Å². The van der Waals surface area contributed by atoms with Gasteiger partial charge in [-0.25, -0.2) is 9.97 Å². The highest BCUT2D eigenvalue weighted by molar-refractivity contribution is 6.07. The van der Waals surface area contributed by atoms with Crippen LogP contribution in [0.5, 0.6) is 0 Å². The Morgan fingerprint density at radius 3 is 2.60 bits per heavy atom. The molecule has 128 valence electrons. The lowest BCUT2D eigenvalue weighted by Gasteiger charge is -2.21. The Hall–Kier alpha value is -3.02. The molecule has 2 heterocycles. The number of carbonyl (C=O) groups is 1. The Bertz CT molecular complexity index is 925. The Balaban J connectivity index is 1.90. The van der Waals surface area contributed by atoms with Crippen LogP contribution in [0.1, 0.15) is 37.1 Å². The van der Waals surface area contributed by atoms with Gasteiger partial charge in [-0.3, -0.25) is 9.78 Å². The number of carbonyl (C=O) groups excluding carboxylic acids is 1. The fraction of sp³-hybridized carbons (Fsp3) is 0.263. The van der Waals surface area contributed by atoms with Crippen molar-refractivity contribution in [1.82, 2.24) is 15.0 Å². The van der Waals surface area contributed by atoms with E-state index in [1.807, 2.05) is 51.1 Å². The van der Waals surface area contributed by atoms with Gasteiger partial charge < -0.3 is 10.6 Å². The first-order valence-corrected chi connectivity index (χ1v) is 8.11. The van der Waals surface area contributed by atoms with Crippen molar-refractivity contribution in [2.45, 2.75) is 33.2 Å². The summed E-state index contributed by atoms with van der Waals surface area (Å²) in [7, 11) is 0. The summed E-state index contributed by atoms with van der Waals surface area (Å²) in [6, 6.07) is 11.2. The SMILES string of the molecule is Cc1nc(NC(C)(C)C)cc(C(=O)Nc2cccc3cccnc23)n1. The molecule has 0 saturated heterocycles. The number of hydrogen-bond donors (Lipinski definition) is 2. The van der Waals surface area contributed by atoms with Gasteiger partial charge in [-0.15, -0.1) is 0 Å². The number of amides is 1. The van der Waals surface area contributed by atoms with Gasteiger partial charge in [-0.1, -0.05) is 18.2 Å². The van der Waals surface area contributed by atoms with Crippen molar-refractivity contribution >= 4 is 28.3 Å². The maximum absolute atomic E-state index is 12.7. The Morgan fingerprint density at radius 1 is 1.08 bits per heavy atom. The molecule has 0 fully saturated rings. The number of aromatic nitrogens is 3. The van der Waals surface area contributed by atoms with E-state index in [0.717, 1.165) is 10.9 Å². The highest BCUT2D eigenvalue weighted by atomic mass is 16.1. The average Bonchev–Trinajstić information content (AvgIpc) is 2.53. The molecule has 2 aromatic heterocycles. The minimum absolute atomic E-state index is 0.159. The van der Waals surface area contributed by atoms with Crippen molar-refractivity contribution in [3.8, 4) is 0 Å². The quantitative estimate of drug-likeness (QED) is 0.761. The summed E-state index contributed by atoms with van der Waals surface area (Å²) < 4.78 is 0. The van der Waals surface area contributed by atoms with Crippen molar-refractivity contribution in [2.75, 3.05) is 10.6 Å². The molecular formula is C19H21N5O. The molecule has 3 rings (SSSR count). The number of hydrogen-bond acceptors (Lipinski definition) is 5. The van der Waals surface area contributed by atoms with Crippen LogP contribution in [0.25, 0.3) is 10.9 Å². The molecule has 0 aliphatic carbocycles. The molecule has 0 atom stereocenters. The van der Waals surface area contributed by atoms with E-state index in [4.69, 9.17) is 0 Å². The highest BCUT2D eigenvalue weighted by Crippen LogP contribution is 2.21. The molecule has 1 amide bonds. The van der Waals surface area contributed by atoms with Gasteiger partial charge in [0.15, 0.2) is 0 Å². The topological polar surface area (TPSA) is 79.8 Å². The van der Waals surface area contributed by atoms with Crippen molar-refractivity contribution in [2.24, 2.45) is 0 Å². The van der Waals surface area contributed by atoms with Gasteiger partial charge in [0.05, 0.1) is 11.2 Å². The molecule has 0 spiro atoms. The Labute approximate surface area is 146 Å². The molecule has 6 nitrogen and oxygen atoms in total. The number of fused-ring (bicyclic) bond motifs is 1. The zero-order valence-electron chi connectivity index (χ0n) is 14.8. The number of nitrogens with one attached hydrogen (secondary N) is 2. The number of nitrogens with zero attached hydrogens (tertiary/aromatic N) is 3. The van der Waals surface area contributed by atoms with Crippen LogP contribution < -0.4 is 10.6 Å². The molecule has 1 aromatic carbocycles. The first-order chi connectivity index (χ1) is 11.8. The Morgan fingerprint density at radius 2 is 1.84 bits per heavy atom. The first-order valence-electron chi connectivity index (χ1n) is 8.11. The van der Waals surface area contributed by atoms with Crippen LogP contribution in [0.3, 0.4) is 0 Å². The maximum Gasteiger partial charge on any atom is 0.274 e. The maximum atomic E-state index is 12.7. The molecular weight excluding hydrogens is 314 g/mol. The molecule has 6 heteroatoms. The summed E-state index contributed by atoms with van der Waals surface area (Å²) in [5.41, 5.74) is 1.56. The van der Waals surface area contributed by atoms with E-state index in [0.29, 0.717) is 23.0 Å². The van der Waals surface area contributed by atoms with Gasteiger partial charge in [0, 0.05) is 23.2 Å². The number of anilines is 2. The molecule has 3 aromatic rings. The summed E-state index contributed by atoms with van der Waals surface area (Å²) in [5.74, 6) is 0.872. The molecule has 0 radical (unpaired) electrons. The minimum atomic E-state index is -0.291. The third-order valence-electron chi connectivity index (χ3n) is 3.45. The van der Waals surface area contributed by atoms with Gasteiger partial charge in [-0.05, 0) is 39.8 Å². The predicted molar refractivity (Wildman–Crippen MR) is 99.8 cm³/mol. The summed E-state index contributed by atoms with van der Waals surface area (Å²) in [4.78, 5) is 25.6. The summed E-state index contributed by atoms with van der Waals surface area (Å²) in [6.07, 6.45) is 1.71. The summed E-state index contributed by atoms with van der Waals surface area (Å²) in [6.45, 7) is 7.87. The van der Waals surface area contributed by atoms with E-state index in [-0.39, 0.29) is 11.4 Å². The standard InChI is InChI=1S/C19H21N5O/c1-12-21-15(11-16(22-12)24-19(2,3)4)18(25)23-14-9-5-7-13-8-6-10-20-17(13)14/h5-11H,1-4H3,(H,23,25)(H,21,22,24). The summed E-state index contributed by atoms with van der Waals surface area (Å²) in [5, 5.41) is 7.13. The van der Waals surface area contributed by atoms with Crippen LogP contribution in [0.2, 0.25) is 0 Å². The van der Waals surface area contributed by atoms with Crippen molar-refractivity contribution in [1.29, 1.82) is 0 Å². The number of pyridine rings is 1. The van der Waals surface area contributed by atoms with E-state index in [1.165, 1.54) is 0 Å². The van der Waals surface area contributed by atoms with Crippen molar-refractivity contribution in [3.05, 3.63) is 54.1 Å². The van der Waals surface area contributed by atoms with Gasteiger partial charge in [0.25, 0.3) is 5.91 Å². The van der Waals surface area contributed by atoms with E-state index in [2.05, 4.69) is 25.6 Å². The van der Waals surface area contributed by atoms with Crippen LogP contribution >= 0.6 is 0 Å². The zero-order valence-corrected chi connectivity index (χ0v) is 14.8. The lowest BCUT2D eigenvalue weighted by molar-refractivity contribution is 0.102. The van der Waals surface area contributed by atoms with Gasteiger partial charge in [0.2, 0.25) is 0 Å². The number of rotatable bonds is 3. The lowest BCUT2D eigenvalue weighted by Crippen LogP contribution is -2.27. The van der Waals surface area contributed by atoms with Gasteiger partial charge >= 0.3 is 0 Å². The largest absolute Gasteiger partial charge is 0.365 e. The van der Waals surface area contributed by atoms with Crippen LogP contribution in [0, 0.1) is 6.92 Å². The van der Waals surface area contributed by atoms with Crippen LogP contribution in [0.15, 0.2) is 42.6 Å². The van der Waals surface area contributed by atoms with Crippen molar-refractivity contribution in [3.63, 3.8) is 0 Å². The molecule has 25 heavy (non-hydrogen) atoms. The van der Waals surface area contributed by atoms with E-state index in [9.17, 15) is 4.79 Å². The zero-order chi connectivity index (χ0) is 18.0. The van der Waals surface area contributed by atoms with Gasteiger partial charge in [-0.2, -0.15) is 0 Å². The minimum Gasteiger partial charge on any atom is -0.365 e. The lowest BCUT2D eigenvalue weighted by atomic mass is 10.1. The van der Waals surface area contributed by atoms with Crippen LogP contribution in [-0.2, 0) is 0 Å². The molecule has 0 aliphatic rings. The Kier molecular flexibility index (Phi) is 4.35. The fourth-order valence-electron chi connectivity index (χ4n) is 2.52. The molecule has 2 N–H and O–H groups in total. The first kappa shape index (κ1) is 16.8. The second kappa shape index (κ2) is 6.47. The van der Waals surface area contributed by atoms with Crippen LogP contribution in [-0.4, -0.2) is 26.4 Å². The fourth-order valence-corrected chi connectivity index (χ4v) is 2.52. The number of benzene rings is 1. The monoisotopic (exact) mass is 335 g/mol. The number of aryl methyl sites for hydroxylation is 1. The highest BCUT2D eigenvalue weighted by Gasteiger charge is 2.15. The second-order valence-corrected chi connectivity index (χ2v) is 6.90. The normalized spacial score (nSPS) is 11.4. The smallest absolute Gasteiger partial charge is 0.274 e. The third-order valence-corrected chi connectivity index (χ3v) is 3.45. The second-order valence-electron chi connectivity index (χ2n) is 6.90. The molecule has 0 unspecified atom stereocenters. The van der Waals surface area contributed by atoms with E-state index in [1.54, 1.807) is 19.2 Å². The number of para-hydroxylation sites is 1. The van der Waals surface area contributed by atoms with E-state index < -0.39 is 0 Å². The van der Waals surface area contributed by atoms with Gasteiger partial charge in [0.1, 0.15) is 17.3 Å². The average molecular weight is 335 g/mol. The predicted octanol–water partition coefficient (Wildman–Crippen LogP) is 3.80. The molecule has 0 aliphatic heterocycles. The third kappa shape index (κ3) is 4.09. The molecule has 0 bridgehead atoms. The summed E-state index contributed by atoms with van der Waals surface area (Å²) >= 11 is 0. The van der Waals surface area contributed by atoms with E-state index >= 15 is 0 Å². The van der Waals surface area contributed by atoms with Crippen molar-refractivity contribution < 1.29 is 4.79 Å². The molecule has 0 saturated carbocycles.